The van der Waals surface area contributed by atoms with E-state index in [9.17, 15) is 4.79 Å². The van der Waals surface area contributed by atoms with Gasteiger partial charge in [-0.25, -0.2) is 0 Å². The highest BCUT2D eigenvalue weighted by Gasteiger charge is 2.13. The van der Waals surface area contributed by atoms with Gasteiger partial charge in [0.2, 0.25) is 0 Å². The van der Waals surface area contributed by atoms with Crippen molar-refractivity contribution in [2.24, 2.45) is 0 Å². The number of carbonyl (C=O) groups is 1. The fraction of sp³-hybridized carbons (Fsp3) is 0.286. The summed E-state index contributed by atoms with van der Waals surface area (Å²) < 4.78 is 18.0. The van der Waals surface area contributed by atoms with E-state index < -0.39 is 0 Å². The number of rotatable bonds is 8. The molecule has 0 aliphatic rings. The van der Waals surface area contributed by atoms with Crippen molar-refractivity contribution in [1.82, 2.24) is 14.8 Å². The molecule has 8 heteroatoms. The summed E-state index contributed by atoms with van der Waals surface area (Å²) in [7, 11) is 3.10. The monoisotopic (exact) mass is 396 g/mol. The van der Waals surface area contributed by atoms with E-state index in [4.69, 9.17) is 14.2 Å². The van der Waals surface area contributed by atoms with Gasteiger partial charge in [0.15, 0.2) is 6.61 Å². The first kappa shape index (κ1) is 20.2. The second kappa shape index (κ2) is 9.09. The molecule has 0 atom stereocenters. The van der Waals surface area contributed by atoms with Gasteiger partial charge in [-0.05, 0) is 35.7 Å². The lowest BCUT2D eigenvalue weighted by Crippen LogP contribution is -2.21. The van der Waals surface area contributed by atoms with E-state index in [1.165, 1.54) is 7.11 Å². The molecule has 0 radical (unpaired) electrons. The smallest absolute Gasteiger partial charge is 0.262 e. The Balaban J connectivity index is 1.75. The lowest BCUT2D eigenvalue weighted by atomic mass is 10.0. The van der Waals surface area contributed by atoms with Crippen molar-refractivity contribution in [3.63, 3.8) is 0 Å². The minimum atomic E-state index is -0.320. The average molecular weight is 396 g/mol. The summed E-state index contributed by atoms with van der Waals surface area (Å²) in [4.78, 5) is 12.5. The van der Waals surface area contributed by atoms with Gasteiger partial charge < -0.3 is 19.5 Å². The zero-order valence-electron chi connectivity index (χ0n) is 16.9. The number of hydrogen-bond acceptors (Lipinski definition) is 6. The average Bonchev–Trinajstić information content (AvgIpc) is 3.26. The molecule has 1 amide bonds. The predicted octanol–water partition coefficient (Wildman–Crippen LogP) is 3.43. The summed E-state index contributed by atoms with van der Waals surface area (Å²) in [6.07, 6.45) is 3.18. The molecular formula is C21H24N4O4. The maximum Gasteiger partial charge on any atom is 0.262 e. The van der Waals surface area contributed by atoms with E-state index in [-0.39, 0.29) is 12.5 Å². The van der Waals surface area contributed by atoms with Crippen LogP contribution in [0.2, 0.25) is 0 Å². The Bertz CT molecular complexity index is 971. The van der Waals surface area contributed by atoms with Crippen LogP contribution in [0.4, 0.5) is 5.69 Å². The Morgan fingerprint density at radius 3 is 2.41 bits per heavy atom. The molecule has 0 bridgehead atoms. The molecule has 8 nitrogen and oxygen atoms in total. The number of hydrogen-bond donors (Lipinski definition) is 1. The molecule has 1 N–H and O–H groups in total. The van der Waals surface area contributed by atoms with Crippen molar-refractivity contribution in [3.05, 3.63) is 54.6 Å². The molecule has 1 aromatic heterocycles. The fourth-order valence-electron chi connectivity index (χ4n) is 2.78. The summed E-state index contributed by atoms with van der Waals surface area (Å²) in [5, 5.41) is 10.5. The first-order chi connectivity index (χ1) is 14.0. The fourth-order valence-corrected chi connectivity index (χ4v) is 2.78. The van der Waals surface area contributed by atoms with Gasteiger partial charge in [-0.1, -0.05) is 19.9 Å². The molecule has 0 saturated heterocycles. The largest absolute Gasteiger partial charge is 0.497 e. The molecular weight excluding hydrogens is 372 g/mol. The molecule has 3 aromatic rings. The molecule has 0 aliphatic heterocycles. The van der Waals surface area contributed by atoms with Crippen LogP contribution in [-0.2, 0) is 4.79 Å². The van der Waals surface area contributed by atoms with Gasteiger partial charge in [0, 0.05) is 6.07 Å². The van der Waals surface area contributed by atoms with E-state index in [0.29, 0.717) is 28.9 Å². The summed E-state index contributed by atoms with van der Waals surface area (Å²) in [6, 6.07) is 11.0. The number of nitrogens with zero attached hydrogens (tertiary/aromatic N) is 3. The number of methoxy groups -OCH3 is 2. The SMILES string of the molecule is COc1ccc(OC)c(NC(=O)COc2ccc(C(C)C)cc2-n2cnnc2)c1. The molecule has 152 valence electrons. The third-order valence-corrected chi connectivity index (χ3v) is 4.39. The van der Waals surface area contributed by atoms with Gasteiger partial charge in [-0.2, -0.15) is 0 Å². The summed E-state index contributed by atoms with van der Waals surface area (Å²) in [5.41, 5.74) is 2.43. The second-order valence-electron chi connectivity index (χ2n) is 6.65. The molecule has 3 rings (SSSR count). The Morgan fingerprint density at radius 1 is 1.03 bits per heavy atom. The zero-order valence-corrected chi connectivity index (χ0v) is 16.9. The van der Waals surface area contributed by atoms with Gasteiger partial charge in [0.25, 0.3) is 5.91 Å². The number of nitrogens with one attached hydrogen (secondary N) is 1. The molecule has 0 aliphatic carbocycles. The van der Waals surface area contributed by atoms with Crippen LogP contribution in [0.25, 0.3) is 5.69 Å². The van der Waals surface area contributed by atoms with Crippen molar-refractivity contribution in [2.75, 3.05) is 26.1 Å². The van der Waals surface area contributed by atoms with Gasteiger partial charge in [-0.3, -0.25) is 9.36 Å². The Kier molecular flexibility index (Phi) is 6.33. The Hall–Kier alpha value is -3.55. The first-order valence-electron chi connectivity index (χ1n) is 9.15. The summed E-state index contributed by atoms with van der Waals surface area (Å²) >= 11 is 0. The number of amides is 1. The van der Waals surface area contributed by atoms with Crippen molar-refractivity contribution in [3.8, 4) is 22.9 Å². The van der Waals surface area contributed by atoms with Gasteiger partial charge in [0.1, 0.15) is 29.9 Å². The van der Waals surface area contributed by atoms with Crippen molar-refractivity contribution >= 4 is 11.6 Å². The van der Waals surface area contributed by atoms with Gasteiger partial charge >= 0.3 is 0 Å². The lowest BCUT2D eigenvalue weighted by molar-refractivity contribution is -0.118. The molecule has 0 fully saturated rings. The van der Waals surface area contributed by atoms with Crippen molar-refractivity contribution in [2.45, 2.75) is 19.8 Å². The predicted molar refractivity (Wildman–Crippen MR) is 109 cm³/mol. The van der Waals surface area contributed by atoms with Crippen LogP contribution in [-0.4, -0.2) is 41.5 Å². The maximum absolute atomic E-state index is 12.5. The third kappa shape index (κ3) is 4.84. The van der Waals surface area contributed by atoms with Crippen molar-refractivity contribution < 1.29 is 19.0 Å². The quantitative estimate of drug-likeness (QED) is 0.628. The number of benzene rings is 2. The zero-order chi connectivity index (χ0) is 20.8. The van der Waals surface area contributed by atoms with E-state index in [0.717, 1.165) is 11.3 Å². The van der Waals surface area contributed by atoms with E-state index in [1.807, 2.05) is 18.2 Å². The number of aromatic nitrogens is 3. The van der Waals surface area contributed by atoms with Crippen LogP contribution in [0.3, 0.4) is 0 Å². The summed E-state index contributed by atoms with van der Waals surface area (Å²) in [6.45, 7) is 4.05. The maximum atomic E-state index is 12.5. The minimum Gasteiger partial charge on any atom is -0.497 e. The van der Waals surface area contributed by atoms with Gasteiger partial charge in [0.05, 0.1) is 25.6 Å². The molecule has 0 unspecified atom stereocenters. The highest BCUT2D eigenvalue weighted by molar-refractivity contribution is 5.93. The molecule has 0 spiro atoms. The normalized spacial score (nSPS) is 10.7. The van der Waals surface area contributed by atoms with Crippen LogP contribution >= 0.6 is 0 Å². The number of anilines is 1. The van der Waals surface area contributed by atoms with Crippen LogP contribution in [0.1, 0.15) is 25.3 Å². The molecule has 29 heavy (non-hydrogen) atoms. The number of carbonyl (C=O) groups excluding carboxylic acids is 1. The van der Waals surface area contributed by atoms with Crippen LogP contribution < -0.4 is 19.5 Å². The van der Waals surface area contributed by atoms with Gasteiger partial charge in [-0.15, -0.1) is 10.2 Å². The van der Waals surface area contributed by atoms with E-state index in [2.05, 4.69) is 29.4 Å². The lowest BCUT2D eigenvalue weighted by Gasteiger charge is -2.15. The summed E-state index contributed by atoms with van der Waals surface area (Å²) in [5.74, 6) is 1.73. The van der Waals surface area contributed by atoms with Crippen LogP contribution in [0.15, 0.2) is 49.1 Å². The van der Waals surface area contributed by atoms with Crippen LogP contribution in [0, 0.1) is 0 Å². The topological polar surface area (TPSA) is 87.5 Å². The van der Waals surface area contributed by atoms with Crippen LogP contribution in [0.5, 0.6) is 17.2 Å². The van der Waals surface area contributed by atoms with E-state index >= 15 is 0 Å². The minimum absolute atomic E-state index is 0.170. The van der Waals surface area contributed by atoms with E-state index in [1.54, 1.807) is 42.5 Å². The standard InChI is InChI=1S/C21H24N4O4/c1-14(2)15-5-7-20(18(9-15)25-12-22-23-13-25)29-11-21(26)24-17-10-16(27-3)6-8-19(17)28-4/h5-10,12-14H,11H2,1-4H3,(H,24,26). The second-order valence-corrected chi connectivity index (χ2v) is 6.65. The van der Waals surface area contributed by atoms with Crippen molar-refractivity contribution in [1.29, 1.82) is 0 Å². The highest BCUT2D eigenvalue weighted by Crippen LogP contribution is 2.30. The first-order valence-corrected chi connectivity index (χ1v) is 9.15. The highest BCUT2D eigenvalue weighted by atomic mass is 16.5. The molecule has 2 aromatic carbocycles. The Labute approximate surface area is 169 Å². The third-order valence-electron chi connectivity index (χ3n) is 4.39. The number of ether oxygens (including phenoxy) is 3. The molecule has 0 saturated carbocycles. The molecule has 1 heterocycles. The Morgan fingerprint density at radius 2 is 1.76 bits per heavy atom.